The number of H-pyrrole nitrogens is 1. The van der Waals surface area contributed by atoms with Gasteiger partial charge >= 0.3 is 5.69 Å². The maximum absolute atomic E-state index is 13.0. The molecule has 0 saturated heterocycles. The topological polar surface area (TPSA) is 152 Å². The molecule has 0 unspecified atom stereocenters. The number of aromatic nitrogens is 5. The fourth-order valence-corrected chi connectivity index (χ4v) is 4.08. The smallest absolute Gasteiger partial charge is 0.332 e. The third kappa shape index (κ3) is 4.38. The fourth-order valence-electron chi connectivity index (χ4n) is 4.08. The Morgan fingerprint density at radius 2 is 1.78 bits per heavy atom. The molecule has 0 aliphatic heterocycles. The maximum atomic E-state index is 13.0. The molecule has 0 fully saturated rings. The van der Waals surface area contributed by atoms with Crippen LogP contribution < -0.4 is 16.0 Å². The maximum Gasteiger partial charge on any atom is 0.332 e. The molecular formula is C25H25N7O5. The van der Waals surface area contributed by atoms with E-state index in [4.69, 9.17) is 4.74 Å². The zero-order valence-corrected chi connectivity index (χ0v) is 20.4. The number of aromatic hydroxyl groups is 1. The van der Waals surface area contributed by atoms with Crippen molar-refractivity contribution in [1.29, 1.82) is 0 Å². The number of benzene rings is 2. The zero-order valence-electron chi connectivity index (χ0n) is 20.4. The third-order valence-corrected chi connectivity index (χ3v) is 6.08. The number of para-hydroxylation sites is 1. The molecule has 5 rings (SSSR count). The Bertz CT molecular complexity index is 1760. The van der Waals surface area contributed by atoms with Gasteiger partial charge in [-0.05, 0) is 25.1 Å². The lowest BCUT2D eigenvalue weighted by Crippen LogP contribution is -2.38. The Balaban J connectivity index is 1.55. The molecule has 3 heterocycles. The lowest BCUT2D eigenvalue weighted by Gasteiger charge is -2.14. The van der Waals surface area contributed by atoms with Gasteiger partial charge in [0.1, 0.15) is 18.5 Å². The summed E-state index contributed by atoms with van der Waals surface area (Å²) in [7, 11) is 2.86. The molecule has 1 atom stereocenters. The summed E-state index contributed by atoms with van der Waals surface area (Å²) in [6, 6.07) is 14.6. The van der Waals surface area contributed by atoms with E-state index in [2.05, 4.69) is 20.2 Å². The second kappa shape index (κ2) is 9.39. The molecule has 12 nitrogen and oxygen atoms in total. The Hall–Kier alpha value is -4.71. The van der Waals surface area contributed by atoms with Gasteiger partial charge in [0.15, 0.2) is 16.9 Å². The third-order valence-electron chi connectivity index (χ3n) is 6.08. The lowest BCUT2D eigenvalue weighted by atomic mass is 10.2. The number of aryl methyl sites for hydroxylation is 2. The number of aliphatic hydroxyl groups is 1. The van der Waals surface area contributed by atoms with Gasteiger partial charge in [0.2, 0.25) is 5.88 Å². The summed E-state index contributed by atoms with van der Waals surface area (Å²) < 4.78 is 9.28. The molecule has 0 spiro atoms. The van der Waals surface area contributed by atoms with Crippen molar-refractivity contribution in [3.63, 3.8) is 0 Å². The van der Waals surface area contributed by atoms with Crippen molar-refractivity contribution < 1.29 is 14.9 Å². The van der Waals surface area contributed by atoms with Crippen molar-refractivity contribution in [3.8, 4) is 11.6 Å². The predicted molar refractivity (Wildman–Crippen MR) is 137 cm³/mol. The van der Waals surface area contributed by atoms with Gasteiger partial charge in [-0.2, -0.15) is 4.98 Å². The van der Waals surface area contributed by atoms with E-state index in [1.807, 2.05) is 25.1 Å². The highest BCUT2D eigenvalue weighted by Crippen LogP contribution is 2.36. The summed E-state index contributed by atoms with van der Waals surface area (Å²) in [5.41, 5.74) is 0.974. The van der Waals surface area contributed by atoms with E-state index in [1.165, 1.54) is 23.2 Å². The van der Waals surface area contributed by atoms with Gasteiger partial charge in [0.25, 0.3) is 11.5 Å². The number of hydrogen-bond acceptors (Lipinski definition) is 8. The average molecular weight is 504 g/mol. The first-order valence-corrected chi connectivity index (χ1v) is 11.5. The average Bonchev–Trinajstić information content (AvgIpc) is 3.41. The number of nitrogens with zero attached hydrogens (tertiary/aromatic N) is 6. The summed E-state index contributed by atoms with van der Waals surface area (Å²) >= 11 is 0. The summed E-state index contributed by atoms with van der Waals surface area (Å²) in [4.78, 5) is 32.7. The highest BCUT2D eigenvalue weighted by Gasteiger charge is 2.22. The van der Waals surface area contributed by atoms with E-state index < -0.39 is 17.4 Å². The summed E-state index contributed by atoms with van der Waals surface area (Å²) in [6.45, 7) is 1.79. The molecule has 0 amide bonds. The second-order valence-corrected chi connectivity index (χ2v) is 8.75. The first-order valence-electron chi connectivity index (χ1n) is 11.5. The van der Waals surface area contributed by atoms with E-state index in [9.17, 15) is 19.8 Å². The molecule has 0 saturated carbocycles. The van der Waals surface area contributed by atoms with Crippen LogP contribution in [0, 0.1) is 6.92 Å². The van der Waals surface area contributed by atoms with Crippen LogP contribution in [0.1, 0.15) is 5.56 Å². The molecule has 0 aliphatic carbocycles. The van der Waals surface area contributed by atoms with Crippen LogP contribution in [0.2, 0.25) is 0 Å². The number of ether oxygens (including phenoxy) is 1. The van der Waals surface area contributed by atoms with Gasteiger partial charge in [0.05, 0.1) is 12.1 Å². The minimum Gasteiger partial charge on any atom is -0.493 e. The van der Waals surface area contributed by atoms with Crippen molar-refractivity contribution in [2.24, 2.45) is 24.3 Å². The Labute approximate surface area is 209 Å². The van der Waals surface area contributed by atoms with Crippen LogP contribution in [0.3, 0.4) is 0 Å². The number of nitrogens with one attached hydrogen (secondary N) is 1. The lowest BCUT2D eigenvalue weighted by molar-refractivity contribution is 0.0937. The Morgan fingerprint density at radius 1 is 1.05 bits per heavy atom. The minimum atomic E-state index is -1.05. The molecule has 12 heteroatoms. The SMILES string of the molecule is Cc1ccc(OC[C@H](O)Cn2c(N=Nc3c(O)[nH]c4ccccc34)nc3c2c(=O)n(C)c(=O)n3C)cc1. The molecule has 0 radical (unpaired) electrons. The van der Waals surface area contributed by atoms with Crippen molar-refractivity contribution in [3.05, 3.63) is 74.9 Å². The number of azo groups is 1. The summed E-state index contributed by atoms with van der Waals surface area (Å²) in [5, 5.41) is 30.1. The van der Waals surface area contributed by atoms with Crippen molar-refractivity contribution >= 4 is 33.7 Å². The van der Waals surface area contributed by atoms with Gasteiger partial charge in [-0.25, -0.2) is 4.79 Å². The van der Waals surface area contributed by atoms with Gasteiger partial charge in [0, 0.05) is 19.5 Å². The molecule has 3 N–H and O–H groups in total. The van der Waals surface area contributed by atoms with Crippen LogP contribution in [-0.4, -0.2) is 46.6 Å². The molecule has 3 aromatic heterocycles. The van der Waals surface area contributed by atoms with E-state index in [1.54, 1.807) is 30.3 Å². The zero-order chi connectivity index (χ0) is 26.3. The van der Waals surface area contributed by atoms with Gasteiger partial charge in [-0.15, -0.1) is 10.2 Å². The molecule has 37 heavy (non-hydrogen) atoms. The largest absolute Gasteiger partial charge is 0.493 e. The number of aromatic amines is 1. The molecule has 190 valence electrons. The first-order chi connectivity index (χ1) is 17.7. The van der Waals surface area contributed by atoms with Crippen LogP contribution in [0.4, 0.5) is 11.6 Å². The van der Waals surface area contributed by atoms with Crippen molar-refractivity contribution in [2.75, 3.05) is 6.61 Å². The number of fused-ring (bicyclic) bond motifs is 2. The van der Waals surface area contributed by atoms with Crippen molar-refractivity contribution in [1.82, 2.24) is 23.7 Å². The monoisotopic (exact) mass is 503 g/mol. The van der Waals surface area contributed by atoms with Gasteiger partial charge < -0.3 is 19.9 Å². The number of hydrogen-bond donors (Lipinski definition) is 3. The number of imidazole rings is 1. The van der Waals surface area contributed by atoms with E-state index >= 15 is 0 Å². The predicted octanol–water partition coefficient (Wildman–Crippen LogP) is 2.78. The van der Waals surface area contributed by atoms with Gasteiger partial charge in [-0.3, -0.25) is 18.5 Å². The minimum absolute atomic E-state index is 0.0210. The number of rotatable bonds is 7. The van der Waals surface area contributed by atoms with Gasteiger partial charge in [-0.1, -0.05) is 35.9 Å². The molecule has 5 aromatic rings. The molecule has 2 aromatic carbocycles. The van der Waals surface area contributed by atoms with Crippen LogP contribution in [0.15, 0.2) is 68.3 Å². The standard InChI is InChI=1S/C25H25N7O5/c1-14-8-10-16(11-9-14)37-13-15(33)12-32-20-21(30(2)25(36)31(3)23(20)35)27-24(32)29-28-19-17-6-4-5-7-18(17)26-22(19)34/h4-11,15,26,33-34H,12-13H2,1-3H3/t15-/m1/s1. The van der Waals surface area contributed by atoms with Crippen LogP contribution >= 0.6 is 0 Å². The Kier molecular flexibility index (Phi) is 6.09. The van der Waals surface area contributed by atoms with Crippen LogP contribution in [-0.2, 0) is 20.6 Å². The normalized spacial score (nSPS) is 12.6. The van der Waals surface area contributed by atoms with E-state index in [0.717, 1.165) is 10.1 Å². The van der Waals surface area contributed by atoms with Crippen molar-refractivity contribution in [2.45, 2.75) is 19.6 Å². The van der Waals surface area contributed by atoms with Crippen LogP contribution in [0.5, 0.6) is 11.6 Å². The highest BCUT2D eigenvalue weighted by molar-refractivity contribution is 5.94. The molecule has 0 aliphatic rings. The summed E-state index contributed by atoms with van der Waals surface area (Å²) in [5.74, 6) is 0.392. The van der Waals surface area contributed by atoms with E-state index in [-0.39, 0.29) is 41.8 Å². The first kappa shape index (κ1) is 24.0. The van der Waals surface area contributed by atoms with E-state index in [0.29, 0.717) is 16.7 Å². The molecular weight excluding hydrogens is 478 g/mol. The Morgan fingerprint density at radius 3 is 2.54 bits per heavy atom. The number of aliphatic hydroxyl groups excluding tert-OH is 1. The summed E-state index contributed by atoms with van der Waals surface area (Å²) in [6.07, 6.45) is -1.05. The highest BCUT2D eigenvalue weighted by atomic mass is 16.5. The molecule has 0 bridgehead atoms. The second-order valence-electron chi connectivity index (χ2n) is 8.75. The quantitative estimate of drug-likeness (QED) is 0.291. The fraction of sp³-hybridized carbons (Fsp3) is 0.240. The van der Waals surface area contributed by atoms with Crippen LogP contribution in [0.25, 0.3) is 22.1 Å².